The Hall–Kier alpha value is -1.09. The zero-order valence-electron chi connectivity index (χ0n) is 11.0. The molecule has 0 N–H and O–H groups in total. The lowest BCUT2D eigenvalue weighted by atomic mass is 9.92. The minimum atomic E-state index is 0.201. The van der Waals surface area contributed by atoms with Gasteiger partial charge in [-0.2, -0.15) is 0 Å². The van der Waals surface area contributed by atoms with E-state index in [2.05, 4.69) is 35.0 Å². The average molecular weight is 309 g/mol. The predicted octanol–water partition coefficient (Wildman–Crippen LogP) is 4.04. The lowest BCUT2D eigenvalue weighted by molar-refractivity contribution is -0.113. The van der Waals surface area contributed by atoms with E-state index in [0.717, 1.165) is 39.8 Å². The van der Waals surface area contributed by atoms with Crippen molar-refractivity contribution in [3.8, 4) is 0 Å². The topological polar surface area (TPSA) is 26.3 Å². The first-order valence-electron chi connectivity index (χ1n) is 6.18. The molecule has 18 heavy (non-hydrogen) atoms. The number of benzene rings is 1. The van der Waals surface area contributed by atoms with E-state index in [4.69, 9.17) is 4.74 Å². The SMILES string of the molecule is CCc1cc(Br)cc(C)c1C1=C(OC)CCC1=O. The summed E-state index contributed by atoms with van der Waals surface area (Å²) in [4.78, 5) is 12.1. The summed E-state index contributed by atoms with van der Waals surface area (Å²) in [5.74, 6) is 1.03. The Bertz CT molecular complexity index is 530. The van der Waals surface area contributed by atoms with Crippen molar-refractivity contribution in [1.29, 1.82) is 0 Å². The fourth-order valence-corrected chi connectivity index (χ4v) is 3.18. The van der Waals surface area contributed by atoms with E-state index in [9.17, 15) is 4.79 Å². The van der Waals surface area contributed by atoms with Crippen LogP contribution >= 0.6 is 15.9 Å². The van der Waals surface area contributed by atoms with Crippen molar-refractivity contribution in [2.45, 2.75) is 33.1 Å². The van der Waals surface area contributed by atoms with Crippen LogP contribution in [-0.2, 0) is 16.0 Å². The maximum absolute atomic E-state index is 12.1. The molecule has 2 rings (SSSR count). The Morgan fingerprint density at radius 2 is 2.06 bits per heavy atom. The van der Waals surface area contributed by atoms with Crippen molar-refractivity contribution in [2.24, 2.45) is 0 Å². The first kappa shape index (κ1) is 13.3. The zero-order valence-corrected chi connectivity index (χ0v) is 12.6. The van der Waals surface area contributed by atoms with Gasteiger partial charge in [-0.25, -0.2) is 0 Å². The van der Waals surface area contributed by atoms with E-state index in [-0.39, 0.29) is 5.78 Å². The number of rotatable bonds is 3. The van der Waals surface area contributed by atoms with Crippen LogP contribution in [0.5, 0.6) is 0 Å². The minimum Gasteiger partial charge on any atom is -0.500 e. The highest BCUT2D eigenvalue weighted by Crippen LogP contribution is 2.36. The Morgan fingerprint density at radius 3 is 2.67 bits per heavy atom. The normalized spacial score (nSPS) is 15.4. The number of allylic oxidation sites excluding steroid dienone is 2. The molecule has 0 aromatic heterocycles. The van der Waals surface area contributed by atoms with Crippen LogP contribution in [0.25, 0.3) is 5.57 Å². The number of carbonyl (C=O) groups excluding carboxylic acids is 1. The molecule has 0 heterocycles. The summed E-state index contributed by atoms with van der Waals surface area (Å²) in [5, 5.41) is 0. The molecule has 0 atom stereocenters. The summed E-state index contributed by atoms with van der Waals surface area (Å²) < 4.78 is 6.44. The average Bonchev–Trinajstić information content (AvgIpc) is 2.69. The molecular formula is C15H17BrO2. The number of hydrogen-bond acceptors (Lipinski definition) is 2. The number of halogens is 1. The van der Waals surface area contributed by atoms with Crippen LogP contribution in [0.3, 0.4) is 0 Å². The van der Waals surface area contributed by atoms with Crippen molar-refractivity contribution in [3.63, 3.8) is 0 Å². The third-order valence-electron chi connectivity index (χ3n) is 3.40. The van der Waals surface area contributed by atoms with Crippen LogP contribution in [0, 0.1) is 6.92 Å². The molecule has 0 radical (unpaired) electrons. The van der Waals surface area contributed by atoms with Gasteiger partial charge in [0, 0.05) is 17.3 Å². The number of methoxy groups -OCH3 is 1. The summed E-state index contributed by atoms with van der Waals surface area (Å²) in [5.41, 5.74) is 4.18. The highest BCUT2D eigenvalue weighted by atomic mass is 79.9. The second-order valence-corrected chi connectivity index (χ2v) is 5.45. The standard InChI is InChI=1S/C15H17BrO2/c1-4-10-8-11(16)7-9(2)14(10)15-12(17)5-6-13(15)18-3/h7-8H,4-6H2,1-3H3. The molecule has 0 saturated carbocycles. The van der Waals surface area contributed by atoms with Gasteiger partial charge >= 0.3 is 0 Å². The molecule has 0 aliphatic heterocycles. The Morgan fingerprint density at radius 1 is 1.33 bits per heavy atom. The summed E-state index contributed by atoms with van der Waals surface area (Å²) in [7, 11) is 1.65. The van der Waals surface area contributed by atoms with Gasteiger partial charge in [0.05, 0.1) is 12.7 Å². The molecule has 96 valence electrons. The van der Waals surface area contributed by atoms with Crippen molar-refractivity contribution in [2.75, 3.05) is 7.11 Å². The van der Waals surface area contributed by atoms with Gasteiger partial charge in [-0.1, -0.05) is 22.9 Å². The van der Waals surface area contributed by atoms with Crippen LogP contribution in [0.2, 0.25) is 0 Å². The van der Waals surface area contributed by atoms with E-state index in [0.29, 0.717) is 6.42 Å². The van der Waals surface area contributed by atoms with Crippen LogP contribution in [-0.4, -0.2) is 12.9 Å². The van der Waals surface area contributed by atoms with E-state index < -0.39 is 0 Å². The van der Waals surface area contributed by atoms with E-state index in [1.807, 2.05) is 6.92 Å². The number of ketones is 1. The third kappa shape index (κ3) is 2.24. The largest absolute Gasteiger partial charge is 0.500 e. The molecule has 1 aliphatic rings. The smallest absolute Gasteiger partial charge is 0.167 e. The Balaban J connectivity index is 2.67. The quantitative estimate of drug-likeness (QED) is 0.842. The van der Waals surface area contributed by atoms with Crippen LogP contribution in [0.1, 0.15) is 36.5 Å². The van der Waals surface area contributed by atoms with Gasteiger partial charge in [-0.3, -0.25) is 4.79 Å². The zero-order chi connectivity index (χ0) is 13.3. The molecule has 1 aromatic rings. The van der Waals surface area contributed by atoms with Crippen molar-refractivity contribution >= 4 is 27.3 Å². The molecule has 0 bridgehead atoms. The summed E-state index contributed by atoms with van der Waals surface area (Å²) >= 11 is 3.51. The van der Waals surface area contributed by atoms with E-state index in [1.165, 1.54) is 5.56 Å². The maximum atomic E-state index is 12.1. The molecule has 1 aromatic carbocycles. The number of Topliss-reactive ketones (excluding diaryl/α,β-unsaturated/α-hetero) is 1. The lowest BCUT2D eigenvalue weighted by Crippen LogP contribution is -2.03. The van der Waals surface area contributed by atoms with Gasteiger partial charge < -0.3 is 4.74 Å². The number of hydrogen-bond donors (Lipinski definition) is 0. The number of carbonyl (C=O) groups is 1. The fourth-order valence-electron chi connectivity index (χ4n) is 2.56. The molecule has 3 heteroatoms. The summed E-state index contributed by atoms with van der Waals surface area (Å²) in [6, 6.07) is 4.15. The van der Waals surface area contributed by atoms with Gasteiger partial charge in [-0.15, -0.1) is 0 Å². The maximum Gasteiger partial charge on any atom is 0.167 e. The Kier molecular flexibility index (Phi) is 3.91. The number of aryl methyl sites for hydroxylation is 2. The van der Waals surface area contributed by atoms with Crippen LogP contribution in [0.15, 0.2) is 22.4 Å². The van der Waals surface area contributed by atoms with E-state index in [1.54, 1.807) is 7.11 Å². The van der Waals surface area contributed by atoms with Gasteiger partial charge in [-0.05, 0) is 42.2 Å². The van der Waals surface area contributed by atoms with Crippen molar-refractivity contribution in [1.82, 2.24) is 0 Å². The van der Waals surface area contributed by atoms with Crippen LogP contribution in [0.4, 0.5) is 0 Å². The highest BCUT2D eigenvalue weighted by Gasteiger charge is 2.27. The van der Waals surface area contributed by atoms with Crippen LogP contribution < -0.4 is 0 Å². The van der Waals surface area contributed by atoms with Gasteiger partial charge in [0.2, 0.25) is 0 Å². The summed E-state index contributed by atoms with van der Waals surface area (Å²) in [6.07, 6.45) is 2.20. The first-order chi connectivity index (χ1) is 8.58. The molecular weight excluding hydrogens is 292 g/mol. The second-order valence-electron chi connectivity index (χ2n) is 4.54. The lowest BCUT2D eigenvalue weighted by Gasteiger charge is -2.14. The molecule has 0 fully saturated rings. The third-order valence-corrected chi connectivity index (χ3v) is 3.85. The van der Waals surface area contributed by atoms with Crippen molar-refractivity contribution in [3.05, 3.63) is 39.1 Å². The second kappa shape index (κ2) is 5.27. The first-order valence-corrected chi connectivity index (χ1v) is 6.97. The molecule has 0 amide bonds. The Labute approximate surface area is 116 Å². The minimum absolute atomic E-state index is 0.201. The van der Waals surface area contributed by atoms with Gasteiger partial charge in [0.15, 0.2) is 5.78 Å². The monoisotopic (exact) mass is 308 g/mol. The van der Waals surface area contributed by atoms with Gasteiger partial charge in [0.25, 0.3) is 0 Å². The predicted molar refractivity (Wildman–Crippen MR) is 76.4 cm³/mol. The molecule has 0 spiro atoms. The fraction of sp³-hybridized carbons (Fsp3) is 0.400. The molecule has 2 nitrogen and oxygen atoms in total. The van der Waals surface area contributed by atoms with E-state index >= 15 is 0 Å². The van der Waals surface area contributed by atoms with Gasteiger partial charge in [0.1, 0.15) is 5.76 Å². The highest BCUT2D eigenvalue weighted by molar-refractivity contribution is 9.10. The van der Waals surface area contributed by atoms with Crippen molar-refractivity contribution < 1.29 is 9.53 Å². The summed E-state index contributed by atoms with van der Waals surface area (Å²) in [6.45, 7) is 4.16. The molecule has 0 saturated heterocycles. The number of ether oxygens (including phenoxy) is 1. The molecule has 1 aliphatic carbocycles. The molecule has 0 unspecified atom stereocenters.